The quantitative estimate of drug-likeness (QED) is 0.806. The van der Waals surface area contributed by atoms with E-state index in [0.717, 1.165) is 0 Å². The Bertz CT molecular complexity index is 839. The lowest BCUT2D eigenvalue weighted by atomic mass is 10.1. The highest BCUT2D eigenvalue weighted by atomic mass is 16.5. The minimum atomic E-state index is -0.996. The van der Waals surface area contributed by atoms with Crippen LogP contribution in [0.15, 0.2) is 16.9 Å². The number of nitrogens with one attached hydrogen (secondary N) is 1. The lowest BCUT2D eigenvalue weighted by molar-refractivity contribution is -0.136. The van der Waals surface area contributed by atoms with Gasteiger partial charge in [-0.1, -0.05) is 0 Å². The van der Waals surface area contributed by atoms with Crippen LogP contribution in [0.2, 0.25) is 0 Å². The Morgan fingerprint density at radius 2 is 1.88 bits per heavy atom. The first-order valence-corrected chi connectivity index (χ1v) is 7.94. The lowest BCUT2D eigenvalue weighted by Crippen LogP contribution is -2.51. The van der Waals surface area contributed by atoms with Crippen LogP contribution in [0, 0.1) is 0 Å². The van der Waals surface area contributed by atoms with E-state index in [1.807, 2.05) is 6.92 Å². The molecule has 1 amide bonds. The van der Waals surface area contributed by atoms with E-state index >= 15 is 0 Å². The van der Waals surface area contributed by atoms with E-state index in [2.05, 4.69) is 9.97 Å². The standard InChI is InChI=1S/C17H24N4O4/c1-6-21(16(23)17(2,3)18)9-14-19-11-8-13(25-5)12(24-4)7-10(11)15(22)20-14/h7-8H,6,9,18H2,1-5H3,(H,19,20,22). The minimum Gasteiger partial charge on any atom is -0.493 e. The van der Waals surface area contributed by atoms with Crippen LogP contribution in [-0.4, -0.2) is 47.1 Å². The summed E-state index contributed by atoms with van der Waals surface area (Å²) in [5, 5.41) is 0.384. The number of carbonyl (C=O) groups excluding carboxylic acids is 1. The van der Waals surface area contributed by atoms with E-state index < -0.39 is 5.54 Å². The molecule has 1 aromatic carbocycles. The SMILES string of the molecule is CCN(Cc1nc2cc(OC)c(OC)cc2c(=O)[nH]1)C(=O)C(C)(C)N. The van der Waals surface area contributed by atoms with Crippen LogP contribution in [0.4, 0.5) is 0 Å². The average Bonchev–Trinajstić information content (AvgIpc) is 2.57. The molecule has 8 heteroatoms. The monoisotopic (exact) mass is 348 g/mol. The molecule has 0 unspecified atom stereocenters. The molecule has 0 fully saturated rings. The zero-order chi connectivity index (χ0) is 18.8. The van der Waals surface area contributed by atoms with Gasteiger partial charge in [-0.2, -0.15) is 0 Å². The van der Waals surface area contributed by atoms with Gasteiger partial charge in [0.2, 0.25) is 5.91 Å². The van der Waals surface area contributed by atoms with Crippen molar-refractivity contribution in [3.8, 4) is 11.5 Å². The van der Waals surface area contributed by atoms with Crippen LogP contribution in [0.5, 0.6) is 11.5 Å². The number of hydrogen-bond acceptors (Lipinski definition) is 6. The van der Waals surface area contributed by atoms with Crippen LogP contribution in [-0.2, 0) is 11.3 Å². The first-order valence-electron chi connectivity index (χ1n) is 7.94. The van der Waals surface area contributed by atoms with Gasteiger partial charge in [0.15, 0.2) is 11.5 Å². The molecule has 25 heavy (non-hydrogen) atoms. The summed E-state index contributed by atoms with van der Waals surface area (Å²) in [6.45, 7) is 5.75. The van der Waals surface area contributed by atoms with Crippen molar-refractivity contribution in [2.75, 3.05) is 20.8 Å². The van der Waals surface area contributed by atoms with E-state index in [-0.39, 0.29) is 18.0 Å². The first-order chi connectivity index (χ1) is 11.7. The molecule has 0 saturated heterocycles. The Hall–Kier alpha value is -2.61. The number of aromatic amines is 1. The van der Waals surface area contributed by atoms with Crippen molar-refractivity contribution in [3.63, 3.8) is 0 Å². The molecule has 0 aliphatic rings. The molecule has 3 N–H and O–H groups in total. The average molecular weight is 348 g/mol. The number of amides is 1. The Balaban J connectivity index is 2.46. The third kappa shape index (κ3) is 3.90. The summed E-state index contributed by atoms with van der Waals surface area (Å²) in [7, 11) is 3.01. The number of H-pyrrole nitrogens is 1. The molecule has 0 spiro atoms. The van der Waals surface area contributed by atoms with Gasteiger partial charge in [0.1, 0.15) is 5.82 Å². The first kappa shape index (κ1) is 18.7. The molecule has 0 saturated carbocycles. The third-order valence-corrected chi connectivity index (χ3v) is 3.82. The second-order valence-corrected chi connectivity index (χ2v) is 6.28. The smallest absolute Gasteiger partial charge is 0.258 e. The summed E-state index contributed by atoms with van der Waals surface area (Å²) in [5.74, 6) is 1.09. The molecule has 2 aromatic rings. The van der Waals surface area contributed by atoms with Crippen LogP contribution in [0.3, 0.4) is 0 Å². The molecule has 8 nitrogen and oxygen atoms in total. The summed E-state index contributed by atoms with van der Waals surface area (Å²) < 4.78 is 10.5. The predicted molar refractivity (Wildman–Crippen MR) is 94.8 cm³/mol. The number of carbonyl (C=O) groups is 1. The predicted octanol–water partition coefficient (Wildman–Crippen LogP) is 1.03. The van der Waals surface area contributed by atoms with E-state index in [4.69, 9.17) is 15.2 Å². The van der Waals surface area contributed by atoms with E-state index in [9.17, 15) is 9.59 Å². The Labute approximate surface area is 145 Å². The molecule has 0 aliphatic heterocycles. The second kappa shape index (κ2) is 7.10. The molecular weight excluding hydrogens is 324 g/mol. The van der Waals surface area contributed by atoms with Crippen molar-refractivity contribution in [3.05, 3.63) is 28.3 Å². The van der Waals surface area contributed by atoms with E-state index in [1.54, 1.807) is 30.9 Å². The zero-order valence-electron chi connectivity index (χ0n) is 15.2. The van der Waals surface area contributed by atoms with Gasteiger partial charge in [-0.25, -0.2) is 4.98 Å². The normalized spacial score (nSPS) is 11.4. The molecule has 0 radical (unpaired) electrons. The molecule has 1 heterocycles. The molecule has 136 valence electrons. The zero-order valence-corrected chi connectivity index (χ0v) is 15.2. The van der Waals surface area contributed by atoms with E-state index in [0.29, 0.717) is 34.8 Å². The number of hydrogen-bond donors (Lipinski definition) is 2. The number of methoxy groups -OCH3 is 2. The minimum absolute atomic E-state index is 0.162. The van der Waals surface area contributed by atoms with Gasteiger partial charge in [0.05, 0.1) is 37.2 Å². The Morgan fingerprint density at radius 1 is 1.28 bits per heavy atom. The van der Waals surface area contributed by atoms with Crippen LogP contribution in [0.25, 0.3) is 10.9 Å². The van der Waals surface area contributed by atoms with Crippen LogP contribution < -0.4 is 20.8 Å². The summed E-state index contributed by atoms with van der Waals surface area (Å²) in [6.07, 6.45) is 0. The van der Waals surface area contributed by atoms with Crippen molar-refractivity contribution < 1.29 is 14.3 Å². The molecule has 2 rings (SSSR count). The lowest BCUT2D eigenvalue weighted by Gasteiger charge is -2.27. The Kier molecular flexibility index (Phi) is 5.32. The molecule has 0 aliphatic carbocycles. The fourth-order valence-corrected chi connectivity index (χ4v) is 2.50. The van der Waals surface area contributed by atoms with Crippen molar-refractivity contribution in [1.82, 2.24) is 14.9 Å². The summed E-state index contributed by atoms with van der Waals surface area (Å²) in [6, 6.07) is 3.22. The van der Waals surface area contributed by atoms with Crippen LogP contribution >= 0.6 is 0 Å². The summed E-state index contributed by atoms with van der Waals surface area (Å²) in [5.41, 5.74) is 5.05. The van der Waals surface area contributed by atoms with Gasteiger partial charge in [-0.05, 0) is 26.8 Å². The van der Waals surface area contributed by atoms with Gasteiger partial charge in [0.25, 0.3) is 5.56 Å². The summed E-state index contributed by atoms with van der Waals surface area (Å²) >= 11 is 0. The number of fused-ring (bicyclic) bond motifs is 1. The summed E-state index contributed by atoms with van der Waals surface area (Å²) in [4.78, 5) is 33.5. The number of nitrogens with zero attached hydrogens (tertiary/aromatic N) is 2. The number of nitrogens with two attached hydrogens (primary N) is 1. The second-order valence-electron chi connectivity index (χ2n) is 6.28. The van der Waals surface area contributed by atoms with Crippen molar-refractivity contribution >= 4 is 16.8 Å². The highest BCUT2D eigenvalue weighted by molar-refractivity contribution is 5.85. The highest BCUT2D eigenvalue weighted by Crippen LogP contribution is 2.29. The molecule has 0 atom stereocenters. The van der Waals surface area contributed by atoms with Gasteiger partial charge in [0, 0.05) is 12.6 Å². The number of ether oxygens (including phenoxy) is 2. The topological polar surface area (TPSA) is 111 Å². The molecule has 1 aromatic heterocycles. The molecule has 0 bridgehead atoms. The van der Waals surface area contributed by atoms with Gasteiger partial charge in [-0.15, -0.1) is 0 Å². The van der Waals surface area contributed by atoms with Crippen LogP contribution in [0.1, 0.15) is 26.6 Å². The van der Waals surface area contributed by atoms with Gasteiger partial charge in [-0.3, -0.25) is 9.59 Å². The third-order valence-electron chi connectivity index (χ3n) is 3.82. The fraction of sp³-hybridized carbons (Fsp3) is 0.471. The maximum absolute atomic E-state index is 12.4. The number of aromatic nitrogens is 2. The number of rotatable bonds is 6. The number of benzene rings is 1. The highest BCUT2D eigenvalue weighted by Gasteiger charge is 2.27. The maximum Gasteiger partial charge on any atom is 0.258 e. The molecular formula is C17H24N4O4. The van der Waals surface area contributed by atoms with Crippen molar-refractivity contribution in [1.29, 1.82) is 0 Å². The fourth-order valence-electron chi connectivity index (χ4n) is 2.50. The number of likely N-dealkylation sites (N-methyl/N-ethyl adjacent to an activating group) is 1. The maximum atomic E-state index is 12.4. The van der Waals surface area contributed by atoms with Gasteiger partial charge >= 0.3 is 0 Å². The Morgan fingerprint density at radius 3 is 2.40 bits per heavy atom. The van der Waals surface area contributed by atoms with Crippen molar-refractivity contribution in [2.24, 2.45) is 5.73 Å². The van der Waals surface area contributed by atoms with Gasteiger partial charge < -0.3 is 25.1 Å². The van der Waals surface area contributed by atoms with Crippen molar-refractivity contribution in [2.45, 2.75) is 32.9 Å². The van der Waals surface area contributed by atoms with E-state index in [1.165, 1.54) is 14.2 Å². The largest absolute Gasteiger partial charge is 0.493 e.